The fourth-order valence-corrected chi connectivity index (χ4v) is 4.29. The maximum Gasteiger partial charge on any atom is 0.413 e. The molecule has 1 aliphatic heterocycles. The van der Waals surface area contributed by atoms with E-state index >= 15 is 0 Å². The van der Waals surface area contributed by atoms with Crippen LogP contribution in [0.1, 0.15) is 12.1 Å². The third kappa shape index (κ3) is 4.29. The van der Waals surface area contributed by atoms with Crippen LogP contribution in [0.2, 0.25) is 5.02 Å². The summed E-state index contributed by atoms with van der Waals surface area (Å²) in [5.74, 6) is 0.0388. The molecule has 2 aromatic heterocycles. The molecule has 1 atom stereocenters. The van der Waals surface area contributed by atoms with Gasteiger partial charge in [0.15, 0.2) is 11.5 Å². The van der Waals surface area contributed by atoms with Crippen molar-refractivity contribution in [1.29, 1.82) is 5.26 Å². The number of halogens is 1. The van der Waals surface area contributed by atoms with E-state index < -0.39 is 6.09 Å². The number of hydrogen-bond acceptors (Lipinski definition) is 7. The Morgan fingerprint density at radius 2 is 2.03 bits per heavy atom. The van der Waals surface area contributed by atoms with Crippen LogP contribution in [0.15, 0.2) is 48.7 Å². The highest BCUT2D eigenvalue weighted by Gasteiger charge is 2.25. The molecule has 9 nitrogen and oxygen atoms in total. The predicted octanol–water partition coefficient (Wildman–Crippen LogP) is 4.46. The normalized spacial score (nSPS) is 15.9. The Kier molecular flexibility index (Phi) is 5.84. The number of nitrogens with zero attached hydrogens (tertiary/aromatic N) is 5. The van der Waals surface area contributed by atoms with Gasteiger partial charge in [-0.05, 0) is 25.6 Å². The van der Waals surface area contributed by atoms with Crippen molar-refractivity contribution >= 4 is 34.4 Å². The fraction of sp³-hybridized carbons (Fsp3) is 0.208. The molecular weight excluding hydrogens is 454 g/mol. The zero-order chi connectivity index (χ0) is 23.7. The standard InChI is InChI=1S/C24H20ClN7O2/c1-32-8-7-17(13-32)34-24(33)30-23-19(11-26)28-22(21(29-23)14-5-3-2-4-6-14)15-9-16-12-27-31-20(16)18(25)10-15/h2-6,9-10,12,17H,7-8,13H2,1H3,(H,27,31)(H,29,30,33). The highest BCUT2D eigenvalue weighted by atomic mass is 35.5. The van der Waals surface area contributed by atoms with Gasteiger partial charge in [0.25, 0.3) is 0 Å². The van der Waals surface area contributed by atoms with Crippen molar-refractivity contribution in [2.24, 2.45) is 0 Å². The van der Waals surface area contributed by atoms with Gasteiger partial charge in [-0.3, -0.25) is 10.4 Å². The summed E-state index contributed by atoms with van der Waals surface area (Å²) in [7, 11) is 1.97. The van der Waals surface area contributed by atoms with Crippen LogP contribution in [-0.2, 0) is 4.74 Å². The number of anilines is 1. The molecule has 0 spiro atoms. The van der Waals surface area contributed by atoms with Crippen LogP contribution >= 0.6 is 11.6 Å². The number of carbonyl (C=O) groups is 1. The monoisotopic (exact) mass is 473 g/mol. The summed E-state index contributed by atoms with van der Waals surface area (Å²) in [6.07, 6.45) is 1.55. The molecule has 0 saturated carbocycles. The molecule has 5 rings (SSSR count). The minimum Gasteiger partial charge on any atom is -0.445 e. The summed E-state index contributed by atoms with van der Waals surface area (Å²) in [4.78, 5) is 23.9. The Bertz CT molecular complexity index is 1410. The molecule has 0 aliphatic carbocycles. The number of amides is 1. The number of rotatable bonds is 4. The summed E-state index contributed by atoms with van der Waals surface area (Å²) < 4.78 is 5.50. The molecule has 1 unspecified atom stereocenters. The minimum absolute atomic E-state index is 0.0291. The van der Waals surface area contributed by atoms with Crippen molar-refractivity contribution in [1.82, 2.24) is 25.1 Å². The zero-order valence-electron chi connectivity index (χ0n) is 18.2. The van der Waals surface area contributed by atoms with Gasteiger partial charge in [-0.25, -0.2) is 14.8 Å². The lowest BCUT2D eigenvalue weighted by molar-refractivity contribution is 0.115. The molecule has 0 bridgehead atoms. The molecule has 34 heavy (non-hydrogen) atoms. The lowest BCUT2D eigenvalue weighted by Crippen LogP contribution is -2.25. The van der Waals surface area contributed by atoms with Crippen LogP contribution in [0, 0.1) is 11.3 Å². The summed E-state index contributed by atoms with van der Waals surface area (Å²) in [5.41, 5.74) is 3.08. The van der Waals surface area contributed by atoms with Gasteiger partial charge in [0, 0.05) is 29.6 Å². The SMILES string of the molecule is CN1CCC(OC(=O)Nc2nc(-c3ccccc3)c(-c3cc(Cl)c4[nH]ncc4c3)nc2C#N)C1. The molecule has 1 amide bonds. The van der Waals surface area contributed by atoms with E-state index in [2.05, 4.69) is 30.4 Å². The van der Waals surface area contributed by atoms with Crippen LogP contribution in [0.5, 0.6) is 0 Å². The van der Waals surface area contributed by atoms with Gasteiger partial charge in [0.05, 0.1) is 28.1 Å². The molecule has 1 saturated heterocycles. The van der Waals surface area contributed by atoms with Gasteiger partial charge in [-0.2, -0.15) is 10.4 Å². The summed E-state index contributed by atoms with van der Waals surface area (Å²) >= 11 is 6.46. The lowest BCUT2D eigenvalue weighted by Gasteiger charge is -2.15. The molecule has 170 valence electrons. The van der Waals surface area contributed by atoms with Crippen molar-refractivity contribution in [2.75, 3.05) is 25.5 Å². The van der Waals surface area contributed by atoms with Gasteiger partial charge in [-0.1, -0.05) is 41.9 Å². The third-order valence-electron chi connectivity index (χ3n) is 5.67. The van der Waals surface area contributed by atoms with Crippen LogP contribution < -0.4 is 5.32 Å². The van der Waals surface area contributed by atoms with E-state index in [0.29, 0.717) is 34.0 Å². The number of ether oxygens (including phenoxy) is 1. The molecular formula is C24H20ClN7O2. The molecule has 3 heterocycles. The number of fused-ring (bicyclic) bond motifs is 1. The minimum atomic E-state index is -0.666. The number of aromatic nitrogens is 4. The van der Waals surface area contributed by atoms with Crippen molar-refractivity contribution in [3.8, 4) is 28.6 Å². The maximum absolute atomic E-state index is 12.6. The van der Waals surface area contributed by atoms with E-state index in [1.807, 2.05) is 49.5 Å². The number of nitrogens with one attached hydrogen (secondary N) is 2. The predicted molar refractivity (Wildman–Crippen MR) is 128 cm³/mol. The number of aromatic amines is 1. The Balaban J connectivity index is 1.57. The number of carbonyl (C=O) groups excluding carboxylic acids is 1. The van der Waals surface area contributed by atoms with E-state index in [1.165, 1.54) is 0 Å². The molecule has 1 aliphatic rings. The lowest BCUT2D eigenvalue weighted by atomic mass is 10.0. The quantitative estimate of drug-likeness (QED) is 0.448. The van der Waals surface area contributed by atoms with E-state index in [4.69, 9.17) is 16.3 Å². The Morgan fingerprint density at radius 1 is 1.24 bits per heavy atom. The first kappa shape index (κ1) is 21.8. The average molecular weight is 474 g/mol. The number of nitriles is 1. The average Bonchev–Trinajstić information content (AvgIpc) is 3.48. The van der Waals surface area contributed by atoms with Crippen molar-refractivity contribution in [2.45, 2.75) is 12.5 Å². The van der Waals surface area contributed by atoms with E-state index in [9.17, 15) is 10.1 Å². The topological polar surface area (TPSA) is 120 Å². The van der Waals surface area contributed by atoms with Gasteiger partial charge in [-0.15, -0.1) is 0 Å². The van der Waals surface area contributed by atoms with E-state index in [0.717, 1.165) is 23.9 Å². The number of hydrogen-bond donors (Lipinski definition) is 2. The first-order valence-corrected chi connectivity index (χ1v) is 11.1. The van der Waals surface area contributed by atoms with Crippen LogP contribution in [-0.4, -0.2) is 57.4 Å². The highest BCUT2D eigenvalue weighted by molar-refractivity contribution is 6.35. The van der Waals surface area contributed by atoms with Gasteiger partial charge >= 0.3 is 6.09 Å². The second-order valence-electron chi connectivity index (χ2n) is 8.09. The highest BCUT2D eigenvalue weighted by Crippen LogP contribution is 2.35. The third-order valence-corrected chi connectivity index (χ3v) is 5.96. The van der Waals surface area contributed by atoms with Gasteiger partial charge in [0.2, 0.25) is 0 Å². The molecule has 0 radical (unpaired) electrons. The second kappa shape index (κ2) is 9.09. The van der Waals surface area contributed by atoms with Crippen molar-refractivity contribution in [3.05, 3.63) is 59.4 Å². The first-order valence-electron chi connectivity index (χ1n) is 10.7. The first-order chi connectivity index (χ1) is 16.5. The molecule has 10 heteroatoms. The van der Waals surface area contributed by atoms with Crippen LogP contribution in [0.3, 0.4) is 0 Å². The number of likely N-dealkylation sites (tertiary alicyclic amines) is 1. The molecule has 1 fully saturated rings. The maximum atomic E-state index is 12.6. The smallest absolute Gasteiger partial charge is 0.413 e. The van der Waals surface area contributed by atoms with Crippen LogP contribution in [0.25, 0.3) is 33.4 Å². The van der Waals surface area contributed by atoms with E-state index in [-0.39, 0.29) is 17.6 Å². The summed E-state index contributed by atoms with van der Waals surface area (Å²) in [6, 6.07) is 15.1. The molecule has 2 N–H and O–H groups in total. The van der Waals surface area contributed by atoms with Crippen molar-refractivity contribution < 1.29 is 9.53 Å². The van der Waals surface area contributed by atoms with E-state index in [1.54, 1.807) is 12.3 Å². The Hall–Kier alpha value is -4.00. The Labute approximate surface area is 200 Å². The van der Waals surface area contributed by atoms with Crippen LogP contribution in [0.4, 0.5) is 10.6 Å². The molecule has 2 aromatic carbocycles. The number of H-pyrrole nitrogens is 1. The van der Waals surface area contributed by atoms with Gasteiger partial charge in [0.1, 0.15) is 12.2 Å². The number of benzene rings is 2. The zero-order valence-corrected chi connectivity index (χ0v) is 19.0. The second-order valence-corrected chi connectivity index (χ2v) is 8.50. The number of likely N-dealkylation sites (N-methyl/N-ethyl adjacent to an activating group) is 1. The van der Waals surface area contributed by atoms with Crippen molar-refractivity contribution in [3.63, 3.8) is 0 Å². The fourth-order valence-electron chi connectivity index (χ4n) is 4.02. The summed E-state index contributed by atoms with van der Waals surface area (Å²) in [5, 5.41) is 20.6. The van der Waals surface area contributed by atoms with Gasteiger partial charge < -0.3 is 9.64 Å². The molecule has 4 aromatic rings. The Morgan fingerprint density at radius 3 is 2.76 bits per heavy atom. The largest absolute Gasteiger partial charge is 0.445 e. The summed E-state index contributed by atoms with van der Waals surface area (Å²) in [6.45, 7) is 1.52.